The van der Waals surface area contributed by atoms with Gasteiger partial charge in [-0.1, -0.05) is 18.2 Å². The van der Waals surface area contributed by atoms with Gasteiger partial charge >= 0.3 is 5.97 Å². The molecule has 132 valence electrons. The Labute approximate surface area is 150 Å². The fourth-order valence-electron chi connectivity index (χ4n) is 2.85. The zero-order chi connectivity index (χ0) is 17.5. The molecule has 25 heavy (non-hydrogen) atoms. The zero-order valence-electron chi connectivity index (χ0n) is 13.8. The molecule has 1 saturated heterocycles. The molecular weight excluding hydrogens is 338 g/mol. The first-order chi connectivity index (χ1) is 12.2. The first kappa shape index (κ1) is 17.8. The lowest BCUT2D eigenvalue weighted by molar-refractivity contribution is -0.243. The van der Waals surface area contributed by atoms with Crippen LogP contribution in [0.25, 0.3) is 0 Å². The topological polar surface area (TPSA) is 68.7 Å². The number of hydrogen-bond acceptors (Lipinski definition) is 5. The molecule has 5 nitrogen and oxygen atoms in total. The highest BCUT2D eigenvalue weighted by atomic mass is 32.1. The van der Waals surface area contributed by atoms with Crippen molar-refractivity contribution in [3.63, 3.8) is 0 Å². The van der Waals surface area contributed by atoms with Gasteiger partial charge in [0, 0.05) is 30.3 Å². The predicted molar refractivity (Wildman–Crippen MR) is 95.2 cm³/mol. The third kappa shape index (κ3) is 4.98. The number of aromatic nitrogens is 1. The molecule has 1 N–H and O–H groups in total. The number of nitrogens with zero attached hydrogens (tertiary/aromatic N) is 1. The molecule has 3 rings (SSSR count). The van der Waals surface area contributed by atoms with Crippen LogP contribution in [0.4, 0.5) is 0 Å². The van der Waals surface area contributed by atoms with Crippen molar-refractivity contribution in [1.82, 2.24) is 4.98 Å². The minimum Gasteiger partial charge on any atom is -0.481 e. The summed E-state index contributed by atoms with van der Waals surface area (Å²) in [6, 6.07) is 5.95. The lowest BCUT2D eigenvalue weighted by Gasteiger charge is -2.36. The van der Waals surface area contributed by atoms with Crippen molar-refractivity contribution in [1.29, 1.82) is 0 Å². The summed E-state index contributed by atoms with van der Waals surface area (Å²) in [6.07, 6.45) is 8.53. The Morgan fingerprint density at radius 2 is 2.28 bits per heavy atom. The summed E-state index contributed by atoms with van der Waals surface area (Å²) < 4.78 is 12.2. The third-order valence-corrected chi connectivity index (χ3v) is 4.82. The molecule has 0 spiro atoms. The standard InChI is InChI=1S/C19H21NO4S/c21-17(22)7-3-1-2-5-15-12-23-19(16-8-10-25-13-16)24-18(15)14-6-4-9-20-11-14/h1-2,4,6,8-11,13,15,18-19H,3,5,7,12H2,(H,21,22)/b2-1-/t15-,18-,19+/m0/s1. The van der Waals surface area contributed by atoms with Crippen molar-refractivity contribution in [3.8, 4) is 0 Å². The number of carboxylic acids is 1. The molecule has 3 atom stereocenters. The van der Waals surface area contributed by atoms with Gasteiger partial charge < -0.3 is 14.6 Å². The Hall–Kier alpha value is -2.02. The number of carbonyl (C=O) groups is 1. The Balaban J connectivity index is 1.67. The molecule has 0 unspecified atom stereocenters. The molecule has 6 heteroatoms. The van der Waals surface area contributed by atoms with Crippen molar-refractivity contribution in [2.75, 3.05) is 6.61 Å². The molecule has 0 radical (unpaired) electrons. The van der Waals surface area contributed by atoms with Crippen LogP contribution >= 0.6 is 11.3 Å². The van der Waals surface area contributed by atoms with Gasteiger partial charge in [-0.15, -0.1) is 0 Å². The van der Waals surface area contributed by atoms with Crippen LogP contribution in [0, 0.1) is 5.92 Å². The Morgan fingerprint density at radius 1 is 1.36 bits per heavy atom. The van der Waals surface area contributed by atoms with Gasteiger partial charge in [-0.05, 0) is 41.3 Å². The summed E-state index contributed by atoms with van der Waals surface area (Å²) >= 11 is 1.62. The quantitative estimate of drug-likeness (QED) is 0.744. The highest BCUT2D eigenvalue weighted by molar-refractivity contribution is 7.07. The second-order valence-corrected chi connectivity index (χ2v) is 6.74. The van der Waals surface area contributed by atoms with E-state index in [1.807, 2.05) is 47.3 Å². The van der Waals surface area contributed by atoms with Crippen LogP contribution in [-0.4, -0.2) is 22.7 Å². The van der Waals surface area contributed by atoms with Gasteiger partial charge in [0.2, 0.25) is 0 Å². The maximum Gasteiger partial charge on any atom is 0.303 e. The molecule has 1 aliphatic heterocycles. The minimum absolute atomic E-state index is 0.100. The van der Waals surface area contributed by atoms with Crippen molar-refractivity contribution >= 4 is 17.3 Å². The molecule has 0 aliphatic carbocycles. The van der Waals surface area contributed by atoms with E-state index in [2.05, 4.69) is 4.98 Å². The molecule has 2 aromatic rings. The molecular formula is C19H21NO4S. The van der Waals surface area contributed by atoms with Gasteiger partial charge in [-0.3, -0.25) is 9.78 Å². The van der Waals surface area contributed by atoms with Crippen LogP contribution in [0.1, 0.15) is 42.8 Å². The molecule has 0 amide bonds. The summed E-state index contributed by atoms with van der Waals surface area (Å²) in [5.41, 5.74) is 2.07. The maximum atomic E-state index is 10.6. The number of aliphatic carboxylic acids is 1. The van der Waals surface area contributed by atoms with Gasteiger partial charge in [-0.25, -0.2) is 0 Å². The number of carboxylic acid groups (broad SMARTS) is 1. The largest absolute Gasteiger partial charge is 0.481 e. The van der Waals surface area contributed by atoms with Crippen LogP contribution in [0.5, 0.6) is 0 Å². The third-order valence-electron chi connectivity index (χ3n) is 4.12. The maximum absolute atomic E-state index is 10.6. The van der Waals surface area contributed by atoms with Gasteiger partial charge in [0.05, 0.1) is 12.7 Å². The number of ether oxygens (including phenoxy) is 2. The number of pyridine rings is 1. The minimum atomic E-state index is -0.777. The summed E-state index contributed by atoms with van der Waals surface area (Å²) in [4.78, 5) is 14.8. The number of thiophene rings is 1. The fourth-order valence-corrected chi connectivity index (χ4v) is 3.51. The van der Waals surface area contributed by atoms with Crippen LogP contribution < -0.4 is 0 Å². The van der Waals surface area contributed by atoms with Gasteiger partial charge in [0.15, 0.2) is 6.29 Å². The van der Waals surface area contributed by atoms with Crippen molar-refractivity contribution in [3.05, 3.63) is 64.6 Å². The van der Waals surface area contributed by atoms with Gasteiger partial charge in [0.25, 0.3) is 0 Å². The predicted octanol–water partition coefficient (Wildman–Crippen LogP) is 4.36. The fraction of sp³-hybridized carbons (Fsp3) is 0.368. The van der Waals surface area contributed by atoms with E-state index in [4.69, 9.17) is 14.6 Å². The second kappa shape index (κ2) is 8.89. The zero-order valence-corrected chi connectivity index (χ0v) is 14.6. The van der Waals surface area contributed by atoms with E-state index in [0.717, 1.165) is 17.5 Å². The molecule has 0 bridgehead atoms. The summed E-state index contributed by atoms with van der Waals surface area (Å²) in [5, 5.41) is 12.7. The number of rotatable bonds is 7. The molecule has 1 aliphatic rings. The summed E-state index contributed by atoms with van der Waals surface area (Å²) in [7, 11) is 0. The van der Waals surface area contributed by atoms with Crippen LogP contribution in [-0.2, 0) is 14.3 Å². The first-order valence-corrected chi connectivity index (χ1v) is 9.24. The second-order valence-electron chi connectivity index (χ2n) is 5.96. The van der Waals surface area contributed by atoms with E-state index in [0.29, 0.717) is 13.0 Å². The number of hydrogen-bond donors (Lipinski definition) is 1. The Morgan fingerprint density at radius 3 is 3.00 bits per heavy atom. The number of allylic oxidation sites excluding steroid dienone is 2. The van der Waals surface area contributed by atoms with E-state index >= 15 is 0 Å². The van der Waals surface area contributed by atoms with Crippen LogP contribution in [0.3, 0.4) is 0 Å². The highest BCUT2D eigenvalue weighted by Gasteiger charge is 2.33. The summed E-state index contributed by atoms with van der Waals surface area (Å²) in [6.45, 7) is 0.587. The Kier molecular flexibility index (Phi) is 6.33. The average Bonchev–Trinajstić information content (AvgIpc) is 3.17. The monoisotopic (exact) mass is 359 g/mol. The van der Waals surface area contributed by atoms with Crippen molar-refractivity contribution < 1.29 is 19.4 Å². The lowest BCUT2D eigenvalue weighted by Crippen LogP contribution is -2.30. The molecule has 0 saturated carbocycles. The molecule has 0 aromatic carbocycles. The van der Waals surface area contributed by atoms with E-state index in [9.17, 15) is 4.79 Å². The first-order valence-electron chi connectivity index (χ1n) is 8.30. The normalized spacial score (nSPS) is 23.8. The Bertz CT molecular complexity index is 687. The van der Waals surface area contributed by atoms with Gasteiger partial charge in [-0.2, -0.15) is 11.3 Å². The molecule has 3 heterocycles. The van der Waals surface area contributed by atoms with Crippen LogP contribution in [0.2, 0.25) is 0 Å². The van der Waals surface area contributed by atoms with Gasteiger partial charge in [0.1, 0.15) is 0 Å². The van der Waals surface area contributed by atoms with E-state index < -0.39 is 5.97 Å². The van der Waals surface area contributed by atoms with E-state index in [1.54, 1.807) is 17.5 Å². The molecule has 2 aromatic heterocycles. The summed E-state index contributed by atoms with van der Waals surface area (Å²) in [5.74, 6) is -0.610. The average molecular weight is 359 g/mol. The lowest BCUT2D eigenvalue weighted by atomic mass is 9.93. The van der Waals surface area contributed by atoms with E-state index in [-0.39, 0.29) is 24.7 Å². The molecule has 1 fully saturated rings. The highest BCUT2D eigenvalue weighted by Crippen LogP contribution is 2.40. The smallest absolute Gasteiger partial charge is 0.303 e. The van der Waals surface area contributed by atoms with Crippen molar-refractivity contribution in [2.24, 2.45) is 5.92 Å². The SMILES string of the molecule is O=C(O)CC/C=C\C[C@H]1CO[C@@H](c2ccsc2)O[C@H]1c1cccnc1. The van der Waals surface area contributed by atoms with Crippen LogP contribution in [0.15, 0.2) is 53.5 Å². The van der Waals surface area contributed by atoms with E-state index in [1.165, 1.54) is 0 Å². The van der Waals surface area contributed by atoms with Crippen molar-refractivity contribution in [2.45, 2.75) is 31.7 Å².